The lowest BCUT2D eigenvalue weighted by Gasteiger charge is -1.99. The molecule has 2 N–H and O–H groups in total. The summed E-state index contributed by atoms with van der Waals surface area (Å²) in [5.74, 6) is 0.700. The Balaban J connectivity index is 2.71. The van der Waals surface area contributed by atoms with Gasteiger partial charge >= 0.3 is 6.09 Å². The number of nitrogens with zero attached hydrogens (tertiary/aromatic N) is 2. The molecule has 0 fully saturated rings. The van der Waals surface area contributed by atoms with Gasteiger partial charge in [-0.2, -0.15) is 0 Å². The molecule has 0 aliphatic heterocycles. The summed E-state index contributed by atoms with van der Waals surface area (Å²) in [6.45, 7) is 1.93. The van der Waals surface area contributed by atoms with Gasteiger partial charge in [-0.3, -0.25) is 5.32 Å². The van der Waals surface area contributed by atoms with Gasteiger partial charge in [-0.05, 0) is 0 Å². The maximum absolute atomic E-state index is 10.2. The van der Waals surface area contributed by atoms with Crippen molar-refractivity contribution in [1.29, 1.82) is 0 Å². The Morgan fingerprint density at radius 1 is 1.58 bits per heavy atom. The van der Waals surface area contributed by atoms with Crippen LogP contribution in [0, 0.1) is 0 Å². The van der Waals surface area contributed by atoms with Crippen molar-refractivity contribution in [2.45, 2.75) is 13.3 Å². The number of hydrogen-bond acceptors (Lipinski definition) is 3. The Morgan fingerprint density at radius 2 is 2.17 bits per heavy atom. The fourth-order valence-electron chi connectivity index (χ4n) is 0.725. The van der Waals surface area contributed by atoms with Crippen molar-refractivity contribution in [2.24, 2.45) is 0 Å². The molecule has 0 aromatic carbocycles. The molecule has 0 saturated heterocycles. The van der Waals surface area contributed by atoms with Crippen LogP contribution in [0.15, 0.2) is 12.4 Å². The Hall–Kier alpha value is -1.65. The summed E-state index contributed by atoms with van der Waals surface area (Å²) in [4.78, 5) is 18.0. The minimum absolute atomic E-state index is 0.389. The van der Waals surface area contributed by atoms with Crippen LogP contribution in [-0.4, -0.2) is 21.2 Å². The first kappa shape index (κ1) is 8.45. The first-order valence-electron chi connectivity index (χ1n) is 3.53. The standard InChI is InChI=1S/C7H9N3O2/c1-2-6-8-3-5(4-9-6)10-7(11)12/h3-4,10H,2H2,1H3,(H,11,12). The number of nitrogens with one attached hydrogen (secondary N) is 1. The van der Waals surface area contributed by atoms with Gasteiger partial charge in [0.15, 0.2) is 0 Å². The van der Waals surface area contributed by atoms with Crippen molar-refractivity contribution in [3.05, 3.63) is 18.2 Å². The van der Waals surface area contributed by atoms with E-state index in [4.69, 9.17) is 5.11 Å². The van der Waals surface area contributed by atoms with E-state index in [1.54, 1.807) is 0 Å². The summed E-state index contributed by atoms with van der Waals surface area (Å²) in [6.07, 6.45) is 2.52. The molecule has 0 atom stereocenters. The average molecular weight is 167 g/mol. The SMILES string of the molecule is CCc1ncc(NC(=O)O)cn1. The van der Waals surface area contributed by atoms with Crippen LogP contribution in [0.2, 0.25) is 0 Å². The number of aryl methyl sites for hydroxylation is 1. The summed E-state index contributed by atoms with van der Waals surface area (Å²) in [5.41, 5.74) is 0.389. The van der Waals surface area contributed by atoms with E-state index < -0.39 is 6.09 Å². The van der Waals surface area contributed by atoms with Crippen molar-refractivity contribution in [2.75, 3.05) is 5.32 Å². The van der Waals surface area contributed by atoms with Crippen LogP contribution in [0.25, 0.3) is 0 Å². The van der Waals surface area contributed by atoms with Gasteiger partial charge in [0.2, 0.25) is 0 Å². The normalized spacial score (nSPS) is 9.42. The second-order valence-corrected chi connectivity index (χ2v) is 2.17. The zero-order valence-corrected chi connectivity index (χ0v) is 6.61. The molecule has 1 amide bonds. The maximum Gasteiger partial charge on any atom is 0.409 e. The van der Waals surface area contributed by atoms with Crippen molar-refractivity contribution in [3.8, 4) is 0 Å². The number of aromatic nitrogens is 2. The Bertz CT molecular complexity index is 270. The van der Waals surface area contributed by atoms with E-state index in [0.717, 1.165) is 6.42 Å². The molecule has 5 heteroatoms. The molecule has 0 aliphatic carbocycles. The third-order valence-electron chi connectivity index (χ3n) is 1.27. The molecule has 0 bridgehead atoms. The molecule has 0 saturated carbocycles. The first-order valence-corrected chi connectivity index (χ1v) is 3.53. The van der Waals surface area contributed by atoms with Crippen LogP contribution in [0.1, 0.15) is 12.7 Å². The fourth-order valence-corrected chi connectivity index (χ4v) is 0.725. The van der Waals surface area contributed by atoms with Gasteiger partial charge in [0.25, 0.3) is 0 Å². The molecule has 1 aromatic heterocycles. The minimum Gasteiger partial charge on any atom is -0.465 e. The molecule has 5 nitrogen and oxygen atoms in total. The predicted octanol–water partition coefficient (Wildman–Crippen LogP) is 1.13. The van der Waals surface area contributed by atoms with Crippen LogP contribution in [0.3, 0.4) is 0 Å². The Labute approximate surface area is 69.5 Å². The van der Waals surface area contributed by atoms with Gasteiger partial charge in [-0.1, -0.05) is 6.92 Å². The molecular weight excluding hydrogens is 158 g/mol. The monoisotopic (exact) mass is 167 g/mol. The number of carboxylic acid groups (broad SMARTS) is 1. The van der Waals surface area contributed by atoms with Crippen LogP contribution in [0.5, 0.6) is 0 Å². The van der Waals surface area contributed by atoms with Crippen LogP contribution < -0.4 is 5.32 Å². The van der Waals surface area contributed by atoms with E-state index in [1.165, 1.54) is 12.4 Å². The lowest BCUT2D eigenvalue weighted by Crippen LogP contribution is -2.08. The number of rotatable bonds is 2. The second kappa shape index (κ2) is 3.66. The van der Waals surface area contributed by atoms with Crippen molar-refractivity contribution < 1.29 is 9.90 Å². The molecule has 12 heavy (non-hydrogen) atoms. The van der Waals surface area contributed by atoms with Gasteiger partial charge in [0.1, 0.15) is 5.82 Å². The Morgan fingerprint density at radius 3 is 2.58 bits per heavy atom. The summed E-state index contributed by atoms with van der Waals surface area (Å²) < 4.78 is 0. The lowest BCUT2D eigenvalue weighted by atomic mass is 10.4. The van der Waals surface area contributed by atoms with Gasteiger partial charge in [0, 0.05) is 6.42 Å². The Kier molecular flexibility index (Phi) is 2.57. The molecular formula is C7H9N3O2. The summed E-state index contributed by atoms with van der Waals surface area (Å²) in [7, 11) is 0. The van der Waals surface area contributed by atoms with E-state index >= 15 is 0 Å². The number of carbonyl (C=O) groups is 1. The highest BCUT2D eigenvalue weighted by Crippen LogP contribution is 2.02. The topological polar surface area (TPSA) is 75.1 Å². The van der Waals surface area contributed by atoms with Crippen molar-refractivity contribution in [3.63, 3.8) is 0 Å². The zero-order chi connectivity index (χ0) is 8.97. The minimum atomic E-state index is -1.11. The third-order valence-corrected chi connectivity index (χ3v) is 1.27. The molecule has 64 valence electrons. The van der Waals surface area contributed by atoms with E-state index in [1.807, 2.05) is 6.92 Å². The molecule has 0 spiro atoms. The number of anilines is 1. The van der Waals surface area contributed by atoms with Gasteiger partial charge in [-0.25, -0.2) is 14.8 Å². The maximum atomic E-state index is 10.2. The molecule has 0 radical (unpaired) electrons. The number of hydrogen-bond donors (Lipinski definition) is 2. The molecule has 0 aliphatic rings. The molecule has 1 rings (SSSR count). The van der Waals surface area contributed by atoms with Crippen molar-refractivity contribution in [1.82, 2.24) is 9.97 Å². The highest BCUT2D eigenvalue weighted by molar-refractivity contribution is 5.82. The lowest BCUT2D eigenvalue weighted by molar-refractivity contribution is 0.209. The van der Waals surface area contributed by atoms with Crippen LogP contribution in [-0.2, 0) is 6.42 Å². The number of amides is 1. The fraction of sp³-hybridized carbons (Fsp3) is 0.286. The van der Waals surface area contributed by atoms with Crippen LogP contribution >= 0.6 is 0 Å². The molecule has 0 unspecified atom stereocenters. The van der Waals surface area contributed by atoms with Gasteiger partial charge in [0.05, 0.1) is 18.1 Å². The average Bonchev–Trinajstić information content (AvgIpc) is 2.05. The quantitative estimate of drug-likeness (QED) is 0.692. The van der Waals surface area contributed by atoms with E-state index in [-0.39, 0.29) is 0 Å². The largest absolute Gasteiger partial charge is 0.465 e. The van der Waals surface area contributed by atoms with Crippen LogP contribution in [0.4, 0.5) is 10.5 Å². The third kappa shape index (κ3) is 2.19. The highest BCUT2D eigenvalue weighted by Gasteiger charge is 1.98. The zero-order valence-electron chi connectivity index (χ0n) is 6.61. The summed E-state index contributed by atoms with van der Waals surface area (Å²) in [5, 5.41) is 10.5. The highest BCUT2D eigenvalue weighted by atomic mass is 16.4. The van der Waals surface area contributed by atoms with Gasteiger partial charge < -0.3 is 5.11 Å². The summed E-state index contributed by atoms with van der Waals surface area (Å²) in [6, 6.07) is 0. The predicted molar refractivity (Wildman–Crippen MR) is 43.1 cm³/mol. The summed E-state index contributed by atoms with van der Waals surface area (Å²) >= 11 is 0. The molecule has 1 heterocycles. The smallest absolute Gasteiger partial charge is 0.409 e. The van der Waals surface area contributed by atoms with E-state index in [0.29, 0.717) is 11.5 Å². The van der Waals surface area contributed by atoms with Gasteiger partial charge in [-0.15, -0.1) is 0 Å². The van der Waals surface area contributed by atoms with E-state index in [9.17, 15) is 4.79 Å². The first-order chi connectivity index (χ1) is 5.72. The van der Waals surface area contributed by atoms with Crippen molar-refractivity contribution >= 4 is 11.8 Å². The molecule has 1 aromatic rings. The van der Waals surface area contributed by atoms with E-state index in [2.05, 4.69) is 15.3 Å². The second-order valence-electron chi connectivity index (χ2n) is 2.17.